The molecule has 0 saturated carbocycles. The van der Waals surface area contributed by atoms with Gasteiger partial charge in [-0.3, -0.25) is 0 Å². The summed E-state index contributed by atoms with van der Waals surface area (Å²) >= 11 is 0. The van der Waals surface area contributed by atoms with Crippen LogP contribution in [0.5, 0.6) is 0 Å². The van der Waals surface area contributed by atoms with Crippen LogP contribution in [0.3, 0.4) is 0 Å². The summed E-state index contributed by atoms with van der Waals surface area (Å²) in [5, 5.41) is 2.49. The molecule has 17 heavy (non-hydrogen) atoms. The Balaban J connectivity index is 2.47. The SMILES string of the molecule is CCC(CN)C(N)c1cccc2ccccc12. The Morgan fingerprint density at radius 3 is 2.47 bits per heavy atom. The van der Waals surface area contributed by atoms with Crippen LogP contribution in [0.1, 0.15) is 24.9 Å². The maximum absolute atomic E-state index is 6.35. The molecule has 2 nitrogen and oxygen atoms in total. The van der Waals surface area contributed by atoms with E-state index in [0.29, 0.717) is 12.5 Å². The van der Waals surface area contributed by atoms with Gasteiger partial charge in [-0.2, -0.15) is 0 Å². The molecule has 0 heterocycles. The molecule has 2 aromatic rings. The molecule has 0 aromatic heterocycles. The van der Waals surface area contributed by atoms with E-state index in [2.05, 4.69) is 49.4 Å². The summed E-state index contributed by atoms with van der Waals surface area (Å²) in [6.07, 6.45) is 1.01. The minimum Gasteiger partial charge on any atom is -0.330 e. The van der Waals surface area contributed by atoms with Crippen molar-refractivity contribution in [1.82, 2.24) is 0 Å². The molecule has 0 saturated heterocycles. The zero-order valence-electron chi connectivity index (χ0n) is 10.3. The third kappa shape index (κ3) is 2.33. The van der Waals surface area contributed by atoms with Gasteiger partial charge in [0.05, 0.1) is 0 Å². The average Bonchev–Trinajstić information content (AvgIpc) is 2.39. The summed E-state index contributed by atoms with van der Waals surface area (Å²) in [4.78, 5) is 0. The zero-order chi connectivity index (χ0) is 12.3. The molecule has 2 unspecified atom stereocenters. The van der Waals surface area contributed by atoms with E-state index in [1.807, 2.05) is 0 Å². The van der Waals surface area contributed by atoms with Crippen molar-refractivity contribution in [3.8, 4) is 0 Å². The third-order valence-corrected chi connectivity index (χ3v) is 3.52. The first-order valence-electron chi connectivity index (χ1n) is 6.21. The van der Waals surface area contributed by atoms with E-state index in [1.165, 1.54) is 16.3 Å². The van der Waals surface area contributed by atoms with Crippen molar-refractivity contribution in [2.45, 2.75) is 19.4 Å². The van der Waals surface area contributed by atoms with Crippen LogP contribution in [-0.2, 0) is 0 Å². The van der Waals surface area contributed by atoms with Gasteiger partial charge in [0, 0.05) is 6.04 Å². The molecule has 90 valence electrons. The second kappa shape index (κ2) is 5.30. The Morgan fingerprint density at radius 1 is 1.06 bits per heavy atom. The third-order valence-electron chi connectivity index (χ3n) is 3.52. The fourth-order valence-electron chi connectivity index (χ4n) is 2.36. The Bertz CT molecular complexity index is 484. The van der Waals surface area contributed by atoms with Crippen LogP contribution in [0.2, 0.25) is 0 Å². The predicted octanol–water partition coefficient (Wildman–Crippen LogP) is 2.82. The lowest BCUT2D eigenvalue weighted by molar-refractivity contribution is 0.430. The molecule has 0 aliphatic carbocycles. The quantitative estimate of drug-likeness (QED) is 0.845. The lowest BCUT2D eigenvalue weighted by Crippen LogP contribution is -2.27. The van der Waals surface area contributed by atoms with E-state index in [1.54, 1.807) is 0 Å². The van der Waals surface area contributed by atoms with Crippen LogP contribution in [0.25, 0.3) is 10.8 Å². The van der Waals surface area contributed by atoms with Crippen molar-refractivity contribution in [3.05, 3.63) is 48.0 Å². The molecule has 0 bridgehead atoms. The minimum atomic E-state index is 0.0242. The van der Waals surface area contributed by atoms with E-state index < -0.39 is 0 Å². The smallest absolute Gasteiger partial charge is 0.0341 e. The van der Waals surface area contributed by atoms with Crippen molar-refractivity contribution in [3.63, 3.8) is 0 Å². The standard InChI is InChI=1S/C15H20N2/c1-2-11(10-16)15(17)14-9-5-7-12-6-3-4-8-13(12)14/h3-9,11,15H,2,10,16-17H2,1H3. The number of benzene rings is 2. The van der Waals surface area contributed by atoms with Gasteiger partial charge in [0.25, 0.3) is 0 Å². The highest BCUT2D eigenvalue weighted by atomic mass is 14.7. The highest BCUT2D eigenvalue weighted by molar-refractivity contribution is 5.86. The van der Waals surface area contributed by atoms with Crippen molar-refractivity contribution in [2.75, 3.05) is 6.54 Å². The largest absolute Gasteiger partial charge is 0.330 e. The van der Waals surface area contributed by atoms with Crippen molar-refractivity contribution < 1.29 is 0 Å². The first-order chi connectivity index (χ1) is 8.27. The number of hydrogen-bond donors (Lipinski definition) is 2. The van der Waals surface area contributed by atoms with Gasteiger partial charge in [0.15, 0.2) is 0 Å². The van der Waals surface area contributed by atoms with E-state index in [-0.39, 0.29) is 6.04 Å². The molecule has 0 aliphatic rings. The minimum absolute atomic E-state index is 0.0242. The molecule has 4 N–H and O–H groups in total. The molecular weight excluding hydrogens is 208 g/mol. The summed E-state index contributed by atoms with van der Waals surface area (Å²) in [5.41, 5.74) is 13.3. The topological polar surface area (TPSA) is 52.0 Å². The van der Waals surface area contributed by atoms with Crippen LogP contribution >= 0.6 is 0 Å². The molecule has 0 radical (unpaired) electrons. The summed E-state index contributed by atoms with van der Waals surface area (Å²) in [6.45, 7) is 2.78. The number of nitrogens with two attached hydrogens (primary N) is 2. The summed E-state index contributed by atoms with van der Waals surface area (Å²) in [7, 11) is 0. The maximum Gasteiger partial charge on any atom is 0.0341 e. The normalized spacial score (nSPS) is 14.8. The lowest BCUT2D eigenvalue weighted by Gasteiger charge is -2.22. The second-order valence-electron chi connectivity index (χ2n) is 4.50. The van der Waals surface area contributed by atoms with Crippen molar-refractivity contribution >= 4 is 10.8 Å². The van der Waals surface area contributed by atoms with Crippen LogP contribution in [0, 0.1) is 5.92 Å². The molecule has 2 aromatic carbocycles. The molecule has 0 spiro atoms. The number of hydrogen-bond acceptors (Lipinski definition) is 2. The Labute approximate surface area is 103 Å². The van der Waals surface area contributed by atoms with Gasteiger partial charge >= 0.3 is 0 Å². The Kier molecular flexibility index (Phi) is 3.77. The van der Waals surface area contributed by atoms with Gasteiger partial charge in [-0.25, -0.2) is 0 Å². The first kappa shape index (κ1) is 12.1. The van der Waals surface area contributed by atoms with Gasteiger partial charge < -0.3 is 11.5 Å². The van der Waals surface area contributed by atoms with E-state index in [4.69, 9.17) is 11.5 Å². The first-order valence-corrected chi connectivity index (χ1v) is 6.21. The van der Waals surface area contributed by atoms with Gasteiger partial charge in [0.1, 0.15) is 0 Å². The molecule has 0 amide bonds. The monoisotopic (exact) mass is 228 g/mol. The van der Waals surface area contributed by atoms with Crippen molar-refractivity contribution in [2.24, 2.45) is 17.4 Å². The Hall–Kier alpha value is -1.38. The van der Waals surface area contributed by atoms with Crippen LogP contribution in [0.4, 0.5) is 0 Å². The predicted molar refractivity (Wildman–Crippen MR) is 73.7 cm³/mol. The molecule has 0 aliphatic heterocycles. The fourth-order valence-corrected chi connectivity index (χ4v) is 2.36. The lowest BCUT2D eigenvalue weighted by atomic mass is 9.89. The van der Waals surface area contributed by atoms with Crippen LogP contribution < -0.4 is 11.5 Å². The highest BCUT2D eigenvalue weighted by Crippen LogP contribution is 2.28. The molecule has 0 fully saturated rings. The number of rotatable bonds is 4. The maximum atomic E-state index is 6.35. The van der Waals surface area contributed by atoms with Gasteiger partial charge in [-0.05, 0) is 28.8 Å². The second-order valence-corrected chi connectivity index (χ2v) is 4.50. The zero-order valence-corrected chi connectivity index (χ0v) is 10.3. The summed E-state index contributed by atoms with van der Waals surface area (Å²) in [5.74, 6) is 0.348. The Morgan fingerprint density at radius 2 is 1.76 bits per heavy atom. The molecule has 2 atom stereocenters. The van der Waals surface area contributed by atoms with E-state index >= 15 is 0 Å². The average molecular weight is 228 g/mol. The molecule has 2 rings (SSSR count). The van der Waals surface area contributed by atoms with Crippen LogP contribution in [0.15, 0.2) is 42.5 Å². The highest BCUT2D eigenvalue weighted by Gasteiger charge is 2.17. The van der Waals surface area contributed by atoms with Gasteiger partial charge in [-0.1, -0.05) is 55.8 Å². The molecular formula is C15H20N2. The van der Waals surface area contributed by atoms with Crippen molar-refractivity contribution in [1.29, 1.82) is 0 Å². The fraction of sp³-hybridized carbons (Fsp3) is 0.333. The number of fused-ring (bicyclic) bond motifs is 1. The van der Waals surface area contributed by atoms with Gasteiger partial charge in [-0.15, -0.1) is 0 Å². The van der Waals surface area contributed by atoms with E-state index in [0.717, 1.165) is 6.42 Å². The van der Waals surface area contributed by atoms with E-state index in [9.17, 15) is 0 Å². The summed E-state index contributed by atoms with van der Waals surface area (Å²) < 4.78 is 0. The van der Waals surface area contributed by atoms with Gasteiger partial charge in [0.2, 0.25) is 0 Å². The molecule has 2 heteroatoms. The summed E-state index contributed by atoms with van der Waals surface area (Å²) in [6, 6.07) is 14.7. The van der Waals surface area contributed by atoms with Crippen LogP contribution in [-0.4, -0.2) is 6.54 Å².